The Morgan fingerprint density at radius 2 is 1.68 bits per heavy atom. The van der Waals surface area contributed by atoms with Crippen molar-refractivity contribution in [2.75, 3.05) is 20.8 Å². The summed E-state index contributed by atoms with van der Waals surface area (Å²) < 4.78 is 22.2. The Balaban J connectivity index is 1.84. The lowest BCUT2D eigenvalue weighted by Gasteiger charge is -2.39. The van der Waals surface area contributed by atoms with E-state index in [1.165, 1.54) is 33.5 Å². The number of methoxy groups -OCH3 is 2. The predicted octanol–water partition coefficient (Wildman–Crippen LogP) is 5.48. The van der Waals surface area contributed by atoms with Gasteiger partial charge in [0.1, 0.15) is 12.3 Å². The molecule has 1 saturated heterocycles. The topological polar surface area (TPSA) is 91.4 Å². The van der Waals surface area contributed by atoms with Crippen LogP contribution in [-0.2, 0) is 35.1 Å². The molecule has 8 heteroatoms. The van der Waals surface area contributed by atoms with Gasteiger partial charge in [0.05, 0.1) is 26.9 Å². The SMILES string of the molecule is COC(=O)C(CCC1(C)OC[C@H](CC2CCCCC2)N1C(=O)OCc1ccccc1)(C(=O)OC)C(C)C. The first-order valence-electron chi connectivity index (χ1n) is 13.5. The van der Waals surface area contributed by atoms with E-state index in [1.807, 2.05) is 37.3 Å². The molecule has 1 aromatic rings. The largest absolute Gasteiger partial charge is 0.468 e. The van der Waals surface area contributed by atoms with Crippen LogP contribution in [0.15, 0.2) is 30.3 Å². The van der Waals surface area contributed by atoms with Crippen LogP contribution >= 0.6 is 0 Å². The molecule has 37 heavy (non-hydrogen) atoms. The van der Waals surface area contributed by atoms with Gasteiger partial charge in [-0.2, -0.15) is 0 Å². The summed E-state index contributed by atoms with van der Waals surface area (Å²) in [5, 5.41) is 0. The van der Waals surface area contributed by atoms with Gasteiger partial charge in [-0.3, -0.25) is 14.5 Å². The molecule has 1 heterocycles. The number of carbonyl (C=O) groups is 3. The van der Waals surface area contributed by atoms with E-state index in [4.69, 9.17) is 18.9 Å². The zero-order chi connectivity index (χ0) is 27.1. The third-order valence-electron chi connectivity index (χ3n) is 8.26. The van der Waals surface area contributed by atoms with Gasteiger partial charge < -0.3 is 18.9 Å². The summed E-state index contributed by atoms with van der Waals surface area (Å²) in [5.41, 5.74) is -1.65. The standard InChI is InChI=1S/C29H43NO7/c1-21(2)29(25(31)34-4,26(32)35-5)17-16-28(3)30(27(33)36-19-23-14-10-7-11-15-23)24(20-37-28)18-22-12-8-6-9-13-22/h7,10-11,14-15,21-22,24H,6,8-9,12-13,16-20H2,1-5H3/t24-,28?/m0/s1. The second kappa shape index (κ2) is 12.8. The van der Waals surface area contributed by atoms with Crippen LogP contribution in [0.3, 0.4) is 0 Å². The van der Waals surface area contributed by atoms with Crippen molar-refractivity contribution in [1.29, 1.82) is 0 Å². The van der Waals surface area contributed by atoms with E-state index >= 15 is 0 Å². The molecule has 1 amide bonds. The van der Waals surface area contributed by atoms with Gasteiger partial charge >= 0.3 is 18.0 Å². The van der Waals surface area contributed by atoms with Crippen molar-refractivity contribution >= 4 is 18.0 Å². The monoisotopic (exact) mass is 517 g/mol. The molecule has 0 spiro atoms. The van der Waals surface area contributed by atoms with E-state index < -0.39 is 29.2 Å². The van der Waals surface area contributed by atoms with Gasteiger partial charge in [-0.25, -0.2) is 4.79 Å². The van der Waals surface area contributed by atoms with Crippen molar-refractivity contribution in [2.45, 2.75) is 90.5 Å². The summed E-state index contributed by atoms with van der Waals surface area (Å²) in [5.74, 6) is -1.14. The summed E-state index contributed by atoms with van der Waals surface area (Å²) in [6.07, 6.45) is 6.75. The van der Waals surface area contributed by atoms with Crippen molar-refractivity contribution in [1.82, 2.24) is 4.90 Å². The first-order chi connectivity index (χ1) is 17.7. The number of ether oxygens (including phenoxy) is 4. The highest BCUT2D eigenvalue weighted by molar-refractivity contribution is 6.00. The number of rotatable bonds is 10. The average molecular weight is 518 g/mol. The molecule has 2 aliphatic rings. The van der Waals surface area contributed by atoms with Crippen LogP contribution in [0.2, 0.25) is 0 Å². The number of carbonyl (C=O) groups excluding carboxylic acids is 3. The van der Waals surface area contributed by atoms with E-state index in [2.05, 4.69) is 0 Å². The van der Waals surface area contributed by atoms with Crippen molar-refractivity contribution in [2.24, 2.45) is 17.3 Å². The predicted molar refractivity (Wildman–Crippen MR) is 138 cm³/mol. The van der Waals surface area contributed by atoms with E-state index in [0.717, 1.165) is 24.8 Å². The number of amides is 1. The summed E-state index contributed by atoms with van der Waals surface area (Å²) >= 11 is 0. The van der Waals surface area contributed by atoms with Crippen molar-refractivity contribution in [3.05, 3.63) is 35.9 Å². The Hall–Kier alpha value is -2.61. The molecular formula is C29H43NO7. The van der Waals surface area contributed by atoms with E-state index in [-0.39, 0.29) is 31.4 Å². The molecule has 0 N–H and O–H groups in total. The molecule has 2 atom stereocenters. The number of esters is 2. The van der Waals surface area contributed by atoms with E-state index in [9.17, 15) is 14.4 Å². The maximum Gasteiger partial charge on any atom is 0.412 e. The van der Waals surface area contributed by atoms with Crippen molar-refractivity contribution in [3.8, 4) is 0 Å². The molecule has 1 aromatic carbocycles. The summed E-state index contributed by atoms with van der Waals surface area (Å²) in [6, 6.07) is 9.42. The third-order valence-corrected chi connectivity index (χ3v) is 8.26. The van der Waals surface area contributed by atoms with Gasteiger partial charge in [0.25, 0.3) is 0 Å². The number of nitrogens with zero attached hydrogens (tertiary/aromatic N) is 1. The molecule has 3 rings (SSSR count). The van der Waals surface area contributed by atoms with Gasteiger partial charge in [-0.15, -0.1) is 0 Å². The lowest BCUT2D eigenvalue weighted by molar-refractivity contribution is -0.175. The number of benzene rings is 1. The highest BCUT2D eigenvalue weighted by atomic mass is 16.6. The van der Waals surface area contributed by atoms with Crippen molar-refractivity contribution < 1.29 is 33.3 Å². The van der Waals surface area contributed by atoms with Crippen LogP contribution in [0, 0.1) is 17.3 Å². The second-order valence-electron chi connectivity index (χ2n) is 10.9. The lowest BCUT2D eigenvalue weighted by Crippen LogP contribution is -2.52. The first kappa shape index (κ1) is 29.0. The van der Waals surface area contributed by atoms with Crippen LogP contribution < -0.4 is 0 Å². The molecule has 1 saturated carbocycles. The molecule has 0 bridgehead atoms. The minimum Gasteiger partial charge on any atom is -0.468 e. The Morgan fingerprint density at radius 1 is 1.05 bits per heavy atom. The molecule has 0 radical (unpaired) electrons. The molecule has 8 nitrogen and oxygen atoms in total. The van der Waals surface area contributed by atoms with Gasteiger partial charge in [-0.1, -0.05) is 76.3 Å². The first-order valence-corrected chi connectivity index (χ1v) is 13.5. The zero-order valence-electron chi connectivity index (χ0n) is 23.0. The van der Waals surface area contributed by atoms with E-state index in [1.54, 1.807) is 18.7 Å². The van der Waals surface area contributed by atoms with E-state index in [0.29, 0.717) is 12.5 Å². The minimum atomic E-state index is -1.50. The summed E-state index contributed by atoms with van der Waals surface area (Å²) in [4.78, 5) is 41.1. The van der Waals surface area contributed by atoms with Crippen LogP contribution in [0.4, 0.5) is 4.79 Å². The smallest absolute Gasteiger partial charge is 0.412 e. The van der Waals surface area contributed by atoms with Gasteiger partial charge in [-0.05, 0) is 43.6 Å². The van der Waals surface area contributed by atoms with Gasteiger partial charge in [0.2, 0.25) is 0 Å². The quantitative estimate of drug-likeness (QED) is 0.231. The average Bonchev–Trinajstić information content (AvgIpc) is 3.23. The molecule has 2 fully saturated rings. The maximum absolute atomic E-state index is 13.6. The van der Waals surface area contributed by atoms with Crippen molar-refractivity contribution in [3.63, 3.8) is 0 Å². The van der Waals surface area contributed by atoms with Gasteiger partial charge in [0.15, 0.2) is 5.41 Å². The fourth-order valence-electron chi connectivity index (χ4n) is 5.95. The Morgan fingerprint density at radius 3 is 2.24 bits per heavy atom. The Bertz CT molecular complexity index is 896. The molecule has 0 aromatic heterocycles. The Kier molecular flexibility index (Phi) is 9.99. The maximum atomic E-state index is 13.6. The van der Waals surface area contributed by atoms with Crippen LogP contribution in [-0.4, -0.2) is 55.5 Å². The zero-order valence-corrected chi connectivity index (χ0v) is 23.0. The molecule has 1 aliphatic heterocycles. The molecule has 1 unspecified atom stereocenters. The highest BCUT2D eigenvalue weighted by Gasteiger charge is 2.55. The fourth-order valence-corrected chi connectivity index (χ4v) is 5.95. The van der Waals surface area contributed by atoms with Gasteiger partial charge in [0, 0.05) is 0 Å². The summed E-state index contributed by atoms with van der Waals surface area (Å²) in [7, 11) is 2.54. The minimum absolute atomic E-state index is 0.110. The highest BCUT2D eigenvalue weighted by Crippen LogP contribution is 2.43. The molecule has 1 aliphatic carbocycles. The molecule has 206 valence electrons. The lowest BCUT2D eigenvalue weighted by atomic mass is 9.72. The number of hydrogen-bond donors (Lipinski definition) is 0. The fraction of sp³-hybridized carbons (Fsp3) is 0.690. The van der Waals surface area contributed by atoms with Crippen LogP contribution in [0.1, 0.15) is 77.7 Å². The summed E-state index contributed by atoms with van der Waals surface area (Å²) in [6.45, 7) is 5.98. The normalized spacial score (nSPS) is 22.6. The van der Waals surface area contributed by atoms with Crippen LogP contribution in [0.5, 0.6) is 0 Å². The Labute approximate surface area is 221 Å². The van der Waals surface area contributed by atoms with Crippen LogP contribution in [0.25, 0.3) is 0 Å². The molecular weight excluding hydrogens is 474 g/mol. The third kappa shape index (κ3) is 6.46. The number of hydrogen-bond acceptors (Lipinski definition) is 7. The second-order valence-corrected chi connectivity index (χ2v) is 10.9.